The molecule has 0 saturated carbocycles. The van der Waals surface area contributed by atoms with Crippen LogP contribution in [0.4, 0.5) is 0 Å². The second-order valence-electron chi connectivity index (χ2n) is 5.79. The third-order valence-corrected chi connectivity index (χ3v) is 5.49. The SMILES string of the molecule is C#CC[S+](C)CC[C@H](CC(=O)[C@H](CCCC[NH3+])NC)C(C)=O.[Cl-].[Cl-]. The van der Waals surface area contributed by atoms with Crippen LogP contribution in [-0.4, -0.2) is 49.0 Å². The van der Waals surface area contributed by atoms with E-state index in [0.717, 1.165) is 43.7 Å². The first-order valence-corrected chi connectivity index (χ1v) is 9.95. The minimum atomic E-state index is -0.163. The van der Waals surface area contributed by atoms with Crippen LogP contribution in [0.1, 0.15) is 39.0 Å². The zero-order valence-corrected chi connectivity index (χ0v) is 17.4. The van der Waals surface area contributed by atoms with Gasteiger partial charge in [-0.15, -0.1) is 6.42 Å². The van der Waals surface area contributed by atoms with Gasteiger partial charge < -0.3 is 35.9 Å². The van der Waals surface area contributed by atoms with E-state index in [4.69, 9.17) is 6.42 Å². The summed E-state index contributed by atoms with van der Waals surface area (Å²) in [6.07, 6.45) is 11.4. The van der Waals surface area contributed by atoms with Crippen LogP contribution >= 0.6 is 0 Å². The predicted octanol–water partition coefficient (Wildman–Crippen LogP) is -5.57. The molecule has 0 spiro atoms. The Morgan fingerprint density at radius 1 is 1.25 bits per heavy atom. The largest absolute Gasteiger partial charge is 1.00 e. The van der Waals surface area contributed by atoms with Crippen LogP contribution in [0.3, 0.4) is 0 Å². The van der Waals surface area contributed by atoms with Gasteiger partial charge in [-0.2, -0.15) is 0 Å². The molecular formula is C17H32Cl2N2O2S. The number of halogens is 2. The molecular weight excluding hydrogens is 367 g/mol. The van der Waals surface area contributed by atoms with Crippen molar-refractivity contribution in [3.63, 3.8) is 0 Å². The number of nitrogens with one attached hydrogen (secondary N) is 1. The van der Waals surface area contributed by atoms with Gasteiger partial charge in [-0.1, -0.05) is 5.92 Å². The summed E-state index contributed by atoms with van der Waals surface area (Å²) in [6.45, 7) is 2.48. The van der Waals surface area contributed by atoms with Crippen LogP contribution in [0.5, 0.6) is 0 Å². The van der Waals surface area contributed by atoms with Crippen molar-refractivity contribution in [2.45, 2.75) is 45.1 Å². The second kappa shape index (κ2) is 17.6. The highest BCUT2D eigenvalue weighted by Crippen LogP contribution is 2.15. The Balaban J connectivity index is -0.00000220. The maximum atomic E-state index is 12.4. The summed E-state index contributed by atoms with van der Waals surface area (Å²) >= 11 is 0. The third-order valence-electron chi connectivity index (χ3n) is 3.90. The van der Waals surface area contributed by atoms with Gasteiger partial charge in [0.25, 0.3) is 0 Å². The van der Waals surface area contributed by atoms with Gasteiger partial charge in [-0.05, 0) is 44.1 Å². The molecule has 7 heteroatoms. The maximum absolute atomic E-state index is 12.4. The van der Waals surface area contributed by atoms with Crippen LogP contribution in [0, 0.1) is 18.3 Å². The van der Waals surface area contributed by atoms with Crippen molar-refractivity contribution in [3.05, 3.63) is 0 Å². The molecule has 0 amide bonds. The van der Waals surface area contributed by atoms with Gasteiger partial charge in [-0.25, -0.2) is 0 Å². The molecule has 0 rings (SSSR count). The highest BCUT2D eigenvalue weighted by Gasteiger charge is 2.25. The van der Waals surface area contributed by atoms with Gasteiger partial charge in [0.2, 0.25) is 0 Å². The number of likely N-dealkylation sites (N-methyl/N-ethyl adjacent to an activating group) is 1. The molecule has 0 heterocycles. The number of carbonyl (C=O) groups is 2. The summed E-state index contributed by atoms with van der Waals surface area (Å²) in [5, 5.41) is 3.08. The predicted molar refractivity (Wildman–Crippen MR) is 94.7 cm³/mol. The molecule has 0 aliphatic rings. The molecule has 0 aromatic carbocycles. The summed E-state index contributed by atoms with van der Waals surface area (Å²) in [4.78, 5) is 24.2. The number of hydrogen-bond acceptors (Lipinski definition) is 3. The Morgan fingerprint density at radius 3 is 2.33 bits per heavy atom. The van der Waals surface area contributed by atoms with Crippen LogP contribution in [0.25, 0.3) is 0 Å². The zero-order chi connectivity index (χ0) is 17.0. The number of hydrogen-bond donors (Lipinski definition) is 2. The number of ketones is 2. The maximum Gasteiger partial charge on any atom is 0.167 e. The lowest BCUT2D eigenvalue weighted by atomic mass is 9.91. The highest BCUT2D eigenvalue weighted by molar-refractivity contribution is 7.96. The number of carbonyl (C=O) groups excluding carboxylic acids is 2. The molecule has 0 aliphatic carbocycles. The van der Waals surface area contributed by atoms with E-state index >= 15 is 0 Å². The Kier molecular flexibility index (Phi) is 20.9. The first-order chi connectivity index (χ1) is 10.5. The molecule has 0 saturated heterocycles. The van der Waals surface area contributed by atoms with E-state index in [1.54, 1.807) is 6.92 Å². The van der Waals surface area contributed by atoms with Gasteiger partial charge >= 0.3 is 0 Å². The summed E-state index contributed by atoms with van der Waals surface area (Å²) in [7, 11) is 1.95. The molecule has 0 aromatic heterocycles. The lowest BCUT2D eigenvalue weighted by Gasteiger charge is -2.18. The van der Waals surface area contributed by atoms with Crippen LogP contribution in [0.15, 0.2) is 0 Å². The van der Waals surface area contributed by atoms with Crippen molar-refractivity contribution in [2.24, 2.45) is 5.92 Å². The molecule has 3 atom stereocenters. The highest BCUT2D eigenvalue weighted by atomic mass is 35.5. The second-order valence-corrected chi connectivity index (χ2v) is 8.05. The van der Waals surface area contributed by atoms with Gasteiger partial charge in [-0.3, -0.25) is 9.59 Å². The van der Waals surface area contributed by atoms with E-state index < -0.39 is 0 Å². The first kappa shape index (κ1) is 28.5. The van der Waals surface area contributed by atoms with Crippen molar-refractivity contribution in [2.75, 3.05) is 31.4 Å². The van der Waals surface area contributed by atoms with Crippen LogP contribution in [0.2, 0.25) is 0 Å². The quantitative estimate of drug-likeness (QED) is 0.184. The topological polar surface area (TPSA) is 73.8 Å². The average molecular weight is 399 g/mol. The number of Topliss-reactive ketones (excluding diaryl/α,β-unsaturated/α-hetero) is 2. The fourth-order valence-corrected chi connectivity index (χ4v) is 3.50. The van der Waals surface area contributed by atoms with Crippen molar-refractivity contribution in [1.29, 1.82) is 0 Å². The zero-order valence-electron chi connectivity index (χ0n) is 15.1. The molecule has 4 nitrogen and oxygen atoms in total. The van der Waals surface area contributed by atoms with Crippen LogP contribution in [-0.2, 0) is 20.5 Å². The van der Waals surface area contributed by atoms with E-state index in [1.807, 2.05) is 7.05 Å². The fourth-order valence-electron chi connectivity index (χ4n) is 2.38. The molecule has 0 radical (unpaired) electrons. The summed E-state index contributed by atoms with van der Waals surface area (Å²) in [5.41, 5.74) is 3.82. The number of terminal acetylenes is 1. The van der Waals surface area contributed by atoms with Crippen molar-refractivity contribution in [3.8, 4) is 12.3 Å². The Morgan fingerprint density at radius 2 is 1.88 bits per heavy atom. The standard InChI is InChI=1S/C17H31N2O2S.2ClH/c1-5-11-22(4)12-9-15(14(2)20)13-17(21)16(19-3)8-6-7-10-18;;/h1,15-16,19H,6-13,18H2,2-4H3;2*1H/q+1;;/p-1/t15-,16+,22?;;/m1../s1. The molecule has 0 aromatic rings. The minimum absolute atomic E-state index is 0. The van der Waals surface area contributed by atoms with Gasteiger partial charge in [0.05, 0.1) is 18.8 Å². The monoisotopic (exact) mass is 398 g/mol. The molecule has 24 heavy (non-hydrogen) atoms. The Hall–Kier alpha value is -0.250. The normalized spacial score (nSPS) is 13.6. The van der Waals surface area contributed by atoms with Crippen molar-refractivity contribution >= 4 is 22.5 Å². The number of quaternary nitrogens is 1. The van der Waals surface area contributed by atoms with E-state index in [-0.39, 0.29) is 59.2 Å². The molecule has 1 unspecified atom stereocenters. The fraction of sp³-hybridized carbons (Fsp3) is 0.765. The summed E-state index contributed by atoms with van der Waals surface area (Å²) in [6, 6.07) is -0.140. The first-order valence-electron chi connectivity index (χ1n) is 7.98. The molecule has 0 fully saturated rings. The lowest BCUT2D eigenvalue weighted by Crippen LogP contribution is -3.00. The molecule has 0 bridgehead atoms. The van der Waals surface area contributed by atoms with Crippen molar-refractivity contribution in [1.82, 2.24) is 5.32 Å². The van der Waals surface area contributed by atoms with Gasteiger partial charge in [0, 0.05) is 18.8 Å². The average Bonchev–Trinajstić information content (AvgIpc) is 2.47. The molecule has 4 N–H and O–H groups in total. The summed E-state index contributed by atoms with van der Waals surface area (Å²) < 4.78 is 0. The van der Waals surface area contributed by atoms with E-state index in [2.05, 4.69) is 23.2 Å². The lowest BCUT2D eigenvalue weighted by molar-refractivity contribution is -0.368. The van der Waals surface area contributed by atoms with E-state index in [0.29, 0.717) is 6.42 Å². The minimum Gasteiger partial charge on any atom is -1.00 e. The molecule has 0 aliphatic heterocycles. The summed E-state index contributed by atoms with van der Waals surface area (Å²) in [5.74, 6) is 4.44. The van der Waals surface area contributed by atoms with Gasteiger partial charge in [0.15, 0.2) is 5.75 Å². The van der Waals surface area contributed by atoms with E-state index in [9.17, 15) is 9.59 Å². The molecule has 142 valence electrons. The number of rotatable bonds is 13. The smallest absolute Gasteiger partial charge is 0.167 e. The Labute approximate surface area is 162 Å². The van der Waals surface area contributed by atoms with Crippen LogP contribution < -0.4 is 35.9 Å². The number of unbranched alkanes of at least 4 members (excludes halogenated alkanes) is 1. The van der Waals surface area contributed by atoms with E-state index in [1.165, 1.54) is 0 Å². The van der Waals surface area contributed by atoms with Gasteiger partial charge in [0.1, 0.15) is 17.3 Å². The third kappa shape index (κ3) is 13.1. The Bertz CT molecular complexity index is 389. The van der Waals surface area contributed by atoms with Crippen molar-refractivity contribution < 1.29 is 40.1 Å².